The molecular formula is C14H15NO2S. The van der Waals surface area contributed by atoms with Crippen LogP contribution in [0.4, 0.5) is 5.69 Å². The first kappa shape index (κ1) is 12.6. The van der Waals surface area contributed by atoms with E-state index in [0.29, 0.717) is 10.6 Å². The Labute approximate surface area is 108 Å². The zero-order valence-corrected chi connectivity index (χ0v) is 11.2. The molecule has 94 valence electrons. The molecular weight excluding hydrogens is 246 g/mol. The monoisotopic (exact) mass is 261 g/mol. The Bertz CT molecular complexity index is 636. The Kier molecular flexibility index (Phi) is 3.39. The van der Waals surface area contributed by atoms with Gasteiger partial charge in [0.2, 0.25) is 0 Å². The maximum atomic E-state index is 12.4. The third-order valence-corrected chi connectivity index (χ3v) is 4.57. The first-order chi connectivity index (χ1) is 8.51. The molecule has 0 amide bonds. The number of sulfonamides is 1. The first-order valence-electron chi connectivity index (χ1n) is 5.62. The lowest BCUT2D eigenvalue weighted by molar-refractivity contribution is 0.594. The number of hydrogen-bond acceptors (Lipinski definition) is 2. The highest BCUT2D eigenvalue weighted by Gasteiger charge is 2.20. The van der Waals surface area contributed by atoms with Crippen LogP contribution in [0.15, 0.2) is 59.5 Å². The summed E-state index contributed by atoms with van der Waals surface area (Å²) in [7, 11) is -1.91. The number of anilines is 1. The lowest BCUT2D eigenvalue weighted by Gasteiger charge is -2.19. The van der Waals surface area contributed by atoms with E-state index in [9.17, 15) is 8.42 Å². The summed E-state index contributed by atoms with van der Waals surface area (Å²) in [6, 6.07) is 15.9. The van der Waals surface area contributed by atoms with Gasteiger partial charge in [-0.2, -0.15) is 0 Å². The van der Waals surface area contributed by atoms with Gasteiger partial charge in [0.05, 0.1) is 10.6 Å². The van der Waals surface area contributed by atoms with Crippen LogP contribution in [0.2, 0.25) is 0 Å². The van der Waals surface area contributed by atoms with E-state index in [4.69, 9.17) is 0 Å². The summed E-state index contributed by atoms with van der Waals surface area (Å²) in [5.41, 5.74) is 1.70. The van der Waals surface area contributed by atoms with Gasteiger partial charge in [0.15, 0.2) is 0 Å². The molecule has 2 rings (SSSR count). The molecule has 0 radical (unpaired) electrons. The molecule has 0 bridgehead atoms. The molecule has 18 heavy (non-hydrogen) atoms. The van der Waals surface area contributed by atoms with E-state index in [-0.39, 0.29) is 0 Å². The molecule has 0 spiro atoms. The lowest BCUT2D eigenvalue weighted by atomic mass is 10.2. The Hall–Kier alpha value is -1.81. The van der Waals surface area contributed by atoms with E-state index in [0.717, 1.165) is 5.56 Å². The molecule has 0 fully saturated rings. The third-order valence-electron chi connectivity index (χ3n) is 2.77. The fourth-order valence-electron chi connectivity index (χ4n) is 1.71. The van der Waals surface area contributed by atoms with Crippen molar-refractivity contribution in [1.29, 1.82) is 0 Å². The van der Waals surface area contributed by atoms with E-state index in [1.807, 2.05) is 25.1 Å². The van der Waals surface area contributed by atoms with Gasteiger partial charge >= 0.3 is 0 Å². The van der Waals surface area contributed by atoms with Crippen LogP contribution in [-0.4, -0.2) is 15.5 Å². The third kappa shape index (κ3) is 2.38. The predicted octanol–water partition coefficient (Wildman–Crippen LogP) is 2.82. The average molecular weight is 261 g/mol. The highest BCUT2D eigenvalue weighted by atomic mass is 32.2. The normalized spacial score (nSPS) is 11.2. The quantitative estimate of drug-likeness (QED) is 0.852. The summed E-state index contributed by atoms with van der Waals surface area (Å²) in [4.78, 5) is 0.300. The first-order valence-corrected chi connectivity index (χ1v) is 7.06. The molecule has 2 aromatic rings. The highest BCUT2D eigenvalue weighted by Crippen LogP contribution is 2.22. The van der Waals surface area contributed by atoms with Gasteiger partial charge in [-0.1, -0.05) is 30.3 Å². The molecule has 0 atom stereocenters. The second kappa shape index (κ2) is 4.82. The van der Waals surface area contributed by atoms with E-state index >= 15 is 0 Å². The van der Waals surface area contributed by atoms with Gasteiger partial charge in [-0.05, 0) is 36.8 Å². The summed E-state index contributed by atoms with van der Waals surface area (Å²) in [5.74, 6) is 0. The number of rotatable bonds is 3. The number of nitrogens with zero attached hydrogens (tertiary/aromatic N) is 1. The lowest BCUT2D eigenvalue weighted by Crippen LogP contribution is -2.26. The molecule has 0 N–H and O–H groups in total. The Balaban J connectivity index is 2.43. The molecule has 0 aliphatic carbocycles. The predicted molar refractivity (Wildman–Crippen MR) is 73.2 cm³/mol. The van der Waals surface area contributed by atoms with Crippen molar-refractivity contribution in [2.45, 2.75) is 11.8 Å². The largest absolute Gasteiger partial charge is 0.269 e. The van der Waals surface area contributed by atoms with E-state index < -0.39 is 10.0 Å². The van der Waals surface area contributed by atoms with Crippen LogP contribution >= 0.6 is 0 Å². The zero-order chi connectivity index (χ0) is 13.2. The molecule has 3 nitrogen and oxygen atoms in total. The highest BCUT2D eigenvalue weighted by molar-refractivity contribution is 7.92. The Morgan fingerprint density at radius 1 is 0.944 bits per heavy atom. The van der Waals surface area contributed by atoms with Crippen molar-refractivity contribution in [1.82, 2.24) is 0 Å². The molecule has 4 heteroatoms. The van der Waals surface area contributed by atoms with Gasteiger partial charge in [0.25, 0.3) is 10.0 Å². The van der Waals surface area contributed by atoms with Crippen LogP contribution in [0.25, 0.3) is 0 Å². The maximum Gasteiger partial charge on any atom is 0.264 e. The van der Waals surface area contributed by atoms with Gasteiger partial charge < -0.3 is 0 Å². The van der Waals surface area contributed by atoms with Crippen LogP contribution in [0, 0.1) is 6.92 Å². The fourth-order valence-corrected chi connectivity index (χ4v) is 2.92. The Morgan fingerprint density at radius 2 is 1.61 bits per heavy atom. The van der Waals surface area contributed by atoms with E-state index in [1.54, 1.807) is 43.4 Å². The SMILES string of the molecule is Cc1cccc(N(C)S(=O)(=O)c2ccccc2)c1. The van der Waals surface area contributed by atoms with Gasteiger partial charge in [0.1, 0.15) is 0 Å². The zero-order valence-electron chi connectivity index (χ0n) is 10.4. The van der Waals surface area contributed by atoms with Crippen molar-refractivity contribution >= 4 is 15.7 Å². The van der Waals surface area contributed by atoms with Crippen LogP contribution in [0.5, 0.6) is 0 Å². The summed E-state index contributed by atoms with van der Waals surface area (Å²) in [5, 5.41) is 0. The van der Waals surface area contributed by atoms with Gasteiger partial charge in [0, 0.05) is 7.05 Å². The molecule has 0 unspecified atom stereocenters. The van der Waals surface area contributed by atoms with Gasteiger partial charge in [-0.3, -0.25) is 4.31 Å². The summed E-state index contributed by atoms with van der Waals surface area (Å²) in [6.45, 7) is 1.94. The minimum absolute atomic E-state index is 0.300. The van der Waals surface area contributed by atoms with Crippen molar-refractivity contribution < 1.29 is 8.42 Å². The molecule has 0 saturated heterocycles. The average Bonchev–Trinajstić information content (AvgIpc) is 2.39. The van der Waals surface area contributed by atoms with Crippen molar-refractivity contribution in [3.8, 4) is 0 Å². The Morgan fingerprint density at radius 3 is 2.22 bits per heavy atom. The van der Waals surface area contributed by atoms with Gasteiger partial charge in [-0.25, -0.2) is 8.42 Å². The topological polar surface area (TPSA) is 37.4 Å². The number of benzene rings is 2. The smallest absolute Gasteiger partial charge is 0.264 e. The van der Waals surface area contributed by atoms with Crippen LogP contribution in [0.1, 0.15) is 5.56 Å². The van der Waals surface area contributed by atoms with E-state index in [2.05, 4.69) is 0 Å². The molecule has 0 aliphatic heterocycles. The second-order valence-corrected chi connectivity index (χ2v) is 6.09. The molecule has 0 aliphatic rings. The standard InChI is InChI=1S/C14H15NO2S/c1-12-7-6-8-13(11-12)15(2)18(16,17)14-9-4-3-5-10-14/h3-11H,1-2H3. The maximum absolute atomic E-state index is 12.4. The number of hydrogen-bond donors (Lipinski definition) is 0. The molecule has 0 aromatic heterocycles. The second-order valence-electron chi connectivity index (χ2n) is 4.12. The van der Waals surface area contributed by atoms with Crippen LogP contribution in [-0.2, 0) is 10.0 Å². The minimum Gasteiger partial charge on any atom is -0.269 e. The fraction of sp³-hybridized carbons (Fsp3) is 0.143. The molecule has 0 saturated carbocycles. The minimum atomic E-state index is -3.48. The summed E-state index contributed by atoms with van der Waals surface area (Å²) in [6.07, 6.45) is 0. The van der Waals surface area contributed by atoms with Crippen LogP contribution < -0.4 is 4.31 Å². The summed E-state index contributed by atoms with van der Waals surface area (Å²) >= 11 is 0. The van der Waals surface area contributed by atoms with Gasteiger partial charge in [-0.15, -0.1) is 0 Å². The van der Waals surface area contributed by atoms with Crippen molar-refractivity contribution in [2.75, 3.05) is 11.4 Å². The van der Waals surface area contributed by atoms with Crippen LogP contribution in [0.3, 0.4) is 0 Å². The van der Waals surface area contributed by atoms with Crippen molar-refractivity contribution in [3.05, 3.63) is 60.2 Å². The van der Waals surface area contributed by atoms with Crippen molar-refractivity contribution in [3.63, 3.8) is 0 Å². The molecule has 2 aromatic carbocycles. The number of aryl methyl sites for hydroxylation is 1. The summed E-state index contributed by atoms with van der Waals surface area (Å²) < 4.78 is 26.0. The van der Waals surface area contributed by atoms with Crippen molar-refractivity contribution in [2.24, 2.45) is 0 Å². The molecule has 0 heterocycles. The van der Waals surface area contributed by atoms with E-state index in [1.165, 1.54) is 4.31 Å².